The summed E-state index contributed by atoms with van der Waals surface area (Å²) in [5, 5.41) is 3.35. The molecular weight excluding hydrogens is 325 g/mol. The van der Waals surface area contributed by atoms with Gasteiger partial charge in [-0.3, -0.25) is 4.79 Å². The van der Waals surface area contributed by atoms with Gasteiger partial charge in [0.1, 0.15) is 5.82 Å². The van der Waals surface area contributed by atoms with Gasteiger partial charge in [-0.25, -0.2) is 14.4 Å². The van der Waals surface area contributed by atoms with Gasteiger partial charge in [0.15, 0.2) is 5.16 Å². The molecule has 0 bridgehead atoms. The van der Waals surface area contributed by atoms with Crippen LogP contribution in [0, 0.1) is 26.6 Å². The quantitative estimate of drug-likeness (QED) is 0.677. The number of nitrogens with zero attached hydrogens (tertiary/aromatic N) is 2. The molecule has 0 fully saturated rings. The van der Waals surface area contributed by atoms with Gasteiger partial charge in [-0.05, 0) is 44.5 Å². The maximum absolute atomic E-state index is 12.9. The maximum atomic E-state index is 12.9. The van der Waals surface area contributed by atoms with Crippen LogP contribution in [0.15, 0.2) is 23.4 Å². The van der Waals surface area contributed by atoms with Gasteiger partial charge in [-0.1, -0.05) is 23.4 Å². The Bertz CT molecular complexity index is 701. The zero-order chi connectivity index (χ0) is 16.3. The molecule has 7 heteroatoms. The van der Waals surface area contributed by atoms with Gasteiger partial charge in [0.05, 0.1) is 16.5 Å². The fraction of sp³-hybridized carbons (Fsp3) is 0.267. The second kappa shape index (κ2) is 7.07. The summed E-state index contributed by atoms with van der Waals surface area (Å²) in [6, 6.07) is 3.82. The lowest BCUT2D eigenvalue weighted by molar-refractivity contribution is -0.113. The highest BCUT2D eigenvalue weighted by molar-refractivity contribution is 7.99. The topological polar surface area (TPSA) is 54.9 Å². The second-order valence-corrected chi connectivity index (χ2v) is 6.11. The molecule has 2 rings (SSSR count). The van der Waals surface area contributed by atoms with E-state index in [2.05, 4.69) is 15.3 Å². The number of aryl methyl sites for hydroxylation is 2. The van der Waals surface area contributed by atoms with E-state index in [4.69, 9.17) is 11.6 Å². The Kier molecular flexibility index (Phi) is 5.37. The summed E-state index contributed by atoms with van der Waals surface area (Å²) < 4.78 is 12.9. The molecule has 116 valence electrons. The van der Waals surface area contributed by atoms with Crippen molar-refractivity contribution in [3.05, 3.63) is 46.0 Å². The molecule has 1 aromatic carbocycles. The smallest absolute Gasteiger partial charge is 0.234 e. The number of hydrogen-bond acceptors (Lipinski definition) is 4. The predicted molar refractivity (Wildman–Crippen MR) is 87.0 cm³/mol. The van der Waals surface area contributed by atoms with Gasteiger partial charge in [0, 0.05) is 11.4 Å². The largest absolute Gasteiger partial charge is 0.324 e. The maximum Gasteiger partial charge on any atom is 0.234 e. The fourth-order valence-corrected chi connectivity index (χ4v) is 2.66. The summed E-state index contributed by atoms with van der Waals surface area (Å²) in [5.41, 5.74) is 3.23. The minimum atomic E-state index is -0.448. The van der Waals surface area contributed by atoms with Gasteiger partial charge in [0.25, 0.3) is 0 Å². The number of nitrogens with one attached hydrogen (secondary N) is 1. The number of carbonyl (C=O) groups is 1. The van der Waals surface area contributed by atoms with Crippen LogP contribution < -0.4 is 5.32 Å². The van der Waals surface area contributed by atoms with Crippen LogP contribution in [0.1, 0.15) is 17.0 Å². The Morgan fingerprint density at radius 1 is 1.27 bits per heavy atom. The summed E-state index contributed by atoms with van der Waals surface area (Å²) in [5.74, 6) is -0.551. The van der Waals surface area contributed by atoms with E-state index in [1.165, 1.54) is 23.9 Å². The molecule has 0 aliphatic carbocycles. The minimum absolute atomic E-state index is 0.148. The minimum Gasteiger partial charge on any atom is -0.324 e. The van der Waals surface area contributed by atoms with Crippen LogP contribution in [0.3, 0.4) is 0 Å². The van der Waals surface area contributed by atoms with Crippen molar-refractivity contribution in [3.63, 3.8) is 0 Å². The van der Waals surface area contributed by atoms with E-state index >= 15 is 0 Å². The molecule has 22 heavy (non-hydrogen) atoms. The number of thioether (sulfide) groups is 1. The third-order valence-electron chi connectivity index (χ3n) is 3.15. The molecular formula is C15H15ClFN3OS. The van der Waals surface area contributed by atoms with Crippen LogP contribution in [0.2, 0.25) is 5.02 Å². The molecule has 0 atom stereocenters. The molecule has 2 aromatic rings. The van der Waals surface area contributed by atoms with Crippen molar-refractivity contribution < 1.29 is 9.18 Å². The Labute approximate surface area is 137 Å². The molecule has 0 aliphatic heterocycles. The first kappa shape index (κ1) is 16.7. The molecule has 1 heterocycles. The summed E-state index contributed by atoms with van der Waals surface area (Å²) in [7, 11) is 0. The van der Waals surface area contributed by atoms with E-state index < -0.39 is 5.82 Å². The van der Waals surface area contributed by atoms with E-state index in [1.807, 2.05) is 20.8 Å². The van der Waals surface area contributed by atoms with E-state index in [9.17, 15) is 9.18 Å². The van der Waals surface area contributed by atoms with Crippen LogP contribution in [0.5, 0.6) is 0 Å². The van der Waals surface area contributed by atoms with Gasteiger partial charge in [-0.2, -0.15) is 0 Å². The van der Waals surface area contributed by atoms with Crippen molar-refractivity contribution in [1.82, 2.24) is 9.97 Å². The lowest BCUT2D eigenvalue weighted by Crippen LogP contribution is -2.15. The number of aromatic nitrogens is 2. The standard InChI is InChI=1S/C15H15ClFN3OS/c1-8-9(2)18-15(19-10(8)3)22-7-14(21)20-13-5-4-11(17)6-12(13)16/h4-6H,7H2,1-3H3,(H,20,21). The van der Waals surface area contributed by atoms with Gasteiger partial charge >= 0.3 is 0 Å². The van der Waals surface area contributed by atoms with Crippen LogP contribution in [-0.4, -0.2) is 21.6 Å². The lowest BCUT2D eigenvalue weighted by atomic mass is 10.2. The van der Waals surface area contributed by atoms with Crippen LogP contribution in [0.25, 0.3) is 0 Å². The Balaban J connectivity index is 1.98. The molecule has 0 saturated carbocycles. The number of benzene rings is 1. The number of halogens is 2. The summed E-state index contributed by atoms with van der Waals surface area (Å²) in [4.78, 5) is 20.6. The lowest BCUT2D eigenvalue weighted by Gasteiger charge is -2.08. The third kappa shape index (κ3) is 4.18. The van der Waals surface area contributed by atoms with Crippen LogP contribution in [-0.2, 0) is 4.79 Å². The zero-order valence-electron chi connectivity index (χ0n) is 12.4. The number of carbonyl (C=O) groups excluding carboxylic acids is 1. The Morgan fingerprint density at radius 3 is 2.50 bits per heavy atom. The number of anilines is 1. The monoisotopic (exact) mass is 339 g/mol. The van der Waals surface area contributed by atoms with Crippen molar-refractivity contribution in [3.8, 4) is 0 Å². The summed E-state index contributed by atoms with van der Waals surface area (Å²) in [6.07, 6.45) is 0. The number of hydrogen-bond donors (Lipinski definition) is 1. The molecule has 0 saturated heterocycles. The first-order valence-corrected chi connectivity index (χ1v) is 7.92. The van der Waals surface area contributed by atoms with Crippen LogP contribution >= 0.6 is 23.4 Å². The molecule has 1 aromatic heterocycles. The predicted octanol–water partition coefficient (Wildman–Crippen LogP) is 3.93. The van der Waals surface area contributed by atoms with E-state index in [1.54, 1.807) is 0 Å². The fourth-order valence-electron chi connectivity index (χ4n) is 1.71. The van der Waals surface area contributed by atoms with Crippen molar-refractivity contribution in [2.45, 2.75) is 25.9 Å². The van der Waals surface area contributed by atoms with E-state index in [0.717, 1.165) is 23.0 Å². The average Bonchev–Trinajstić information content (AvgIpc) is 2.45. The summed E-state index contributed by atoms with van der Waals surface area (Å²) in [6.45, 7) is 5.78. The molecule has 0 radical (unpaired) electrons. The highest BCUT2D eigenvalue weighted by Crippen LogP contribution is 2.23. The van der Waals surface area contributed by atoms with Crippen molar-refractivity contribution in [1.29, 1.82) is 0 Å². The third-order valence-corrected chi connectivity index (χ3v) is 4.31. The number of rotatable bonds is 4. The first-order chi connectivity index (χ1) is 10.4. The molecule has 0 aliphatic rings. The Hall–Kier alpha value is -1.66. The van der Waals surface area contributed by atoms with Gasteiger partial charge < -0.3 is 5.32 Å². The van der Waals surface area contributed by atoms with Gasteiger partial charge in [-0.15, -0.1) is 0 Å². The van der Waals surface area contributed by atoms with Crippen molar-refractivity contribution in [2.24, 2.45) is 0 Å². The molecule has 0 unspecified atom stereocenters. The number of amides is 1. The highest BCUT2D eigenvalue weighted by atomic mass is 35.5. The van der Waals surface area contributed by atoms with Crippen molar-refractivity contribution >= 4 is 35.0 Å². The molecule has 1 amide bonds. The van der Waals surface area contributed by atoms with Crippen LogP contribution in [0.4, 0.5) is 10.1 Å². The normalized spacial score (nSPS) is 10.6. The molecule has 4 nitrogen and oxygen atoms in total. The summed E-state index contributed by atoms with van der Waals surface area (Å²) >= 11 is 7.11. The molecule has 1 N–H and O–H groups in total. The average molecular weight is 340 g/mol. The SMILES string of the molecule is Cc1nc(SCC(=O)Nc2ccc(F)cc2Cl)nc(C)c1C. The zero-order valence-corrected chi connectivity index (χ0v) is 14.0. The first-order valence-electron chi connectivity index (χ1n) is 6.56. The highest BCUT2D eigenvalue weighted by Gasteiger charge is 2.10. The van der Waals surface area contributed by atoms with Crippen molar-refractivity contribution in [2.75, 3.05) is 11.1 Å². The van der Waals surface area contributed by atoms with E-state index in [0.29, 0.717) is 10.8 Å². The van der Waals surface area contributed by atoms with E-state index in [-0.39, 0.29) is 16.7 Å². The molecule has 0 spiro atoms. The Morgan fingerprint density at radius 2 is 1.91 bits per heavy atom. The van der Waals surface area contributed by atoms with Gasteiger partial charge in [0.2, 0.25) is 5.91 Å². The second-order valence-electron chi connectivity index (χ2n) is 4.76.